The van der Waals surface area contributed by atoms with Crippen molar-refractivity contribution in [2.45, 2.75) is 117 Å². The van der Waals surface area contributed by atoms with E-state index < -0.39 is 36.1 Å². The van der Waals surface area contributed by atoms with Crippen LogP contribution in [-0.4, -0.2) is 57.0 Å². The van der Waals surface area contributed by atoms with E-state index in [1.54, 1.807) is 12.2 Å². The minimum absolute atomic E-state index is 0.0112. The van der Waals surface area contributed by atoms with Crippen LogP contribution in [0.1, 0.15) is 98.3 Å². The molecule has 6 atom stereocenters. The van der Waals surface area contributed by atoms with Gasteiger partial charge in [0.2, 0.25) is 5.91 Å². The fourth-order valence-electron chi connectivity index (χ4n) is 4.82. The third kappa shape index (κ3) is 12.3. The van der Waals surface area contributed by atoms with Gasteiger partial charge < -0.3 is 20.6 Å². The molecule has 8 heteroatoms. The lowest BCUT2D eigenvalue weighted by Gasteiger charge is -2.18. The second-order valence-electron chi connectivity index (χ2n) is 10.9. The van der Waals surface area contributed by atoms with E-state index >= 15 is 0 Å². The number of nitrogens with one attached hydrogen (secondary N) is 1. The van der Waals surface area contributed by atoms with Crippen LogP contribution >= 0.6 is 0 Å². The van der Waals surface area contributed by atoms with E-state index in [9.17, 15) is 34.5 Å². The van der Waals surface area contributed by atoms with Gasteiger partial charge in [0.1, 0.15) is 17.6 Å². The van der Waals surface area contributed by atoms with E-state index in [0.29, 0.717) is 31.6 Å². The fourth-order valence-corrected chi connectivity index (χ4v) is 4.82. The Morgan fingerprint density at radius 2 is 1.75 bits per heavy atom. The molecule has 0 aliphatic heterocycles. The van der Waals surface area contributed by atoms with Gasteiger partial charge in [-0.25, -0.2) is 4.79 Å². The molecule has 0 aromatic heterocycles. The molecule has 0 aromatic carbocycles. The number of carbonyl (C=O) groups excluding carboxylic acids is 3. The van der Waals surface area contributed by atoms with Crippen LogP contribution in [0.2, 0.25) is 0 Å². The lowest BCUT2D eigenvalue weighted by molar-refractivity contribution is -0.142. The average Bonchev–Trinajstić information content (AvgIpc) is 3.04. The van der Waals surface area contributed by atoms with Gasteiger partial charge in [-0.05, 0) is 37.5 Å². The highest BCUT2D eigenvalue weighted by atomic mass is 16.4. The molecule has 1 aliphatic carbocycles. The second-order valence-corrected chi connectivity index (χ2v) is 10.9. The van der Waals surface area contributed by atoms with Gasteiger partial charge in [0, 0.05) is 37.5 Å². The number of hydrogen-bond donors (Lipinski definition) is 4. The Balaban J connectivity index is 2.48. The molecule has 1 aliphatic rings. The van der Waals surface area contributed by atoms with Crippen molar-refractivity contribution in [1.82, 2.24) is 5.32 Å². The smallest absolute Gasteiger partial charge is 0.326 e. The second kappa shape index (κ2) is 16.6. The Hall–Kier alpha value is -2.06. The van der Waals surface area contributed by atoms with E-state index in [0.717, 1.165) is 19.3 Å². The Morgan fingerprint density at radius 1 is 1.08 bits per heavy atom. The Kier molecular flexibility index (Phi) is 14.8. The third-order valence-electron chi connectivity index (χ3n) is 6.88. The Labute approximate surface area is 215 Å². The maximum Gasteiger partial charge on any atom is 0.326 e. The number of hydrogen-bond acceptors (Lipinski definition) is 6. The normalized spacial score (nSPS) is 22.6. The standard InChI is InChI=1S/C28H47NO7/c1-5-6-9-19(4)15-21(31)12-13-22-23(26(33)17-25(22)32)16-20(30)10-7-8-11-27(34)29-24(28(35)36)14-18(2)3/h12-13,18-19,21-25,31-32H,5-11,14-17H2,1-4H3,(H,29,34)(H,35,36)/b13-12+/t19-,21?,22+,23+,24-,25+/m0/s1. The van der Waals surface area contributed by atoms with Gasteiger partial charge in [0.15, 0.2) is 0 Å². The molecule has 0 bridgehead atoms. The number of carbonyl (C=O) groups is 4. The number of aliphatic hydroxyl groups excluding tert-OH is 2. The summed E-state index contributed by atoms with van der Waals surface area (Å²) in [6.45, 7) is 8.01. The zero-order valence-electron chi connectivity index (χ0n) is 22.4. The zero-order chi connectivity index (χ0) is 27.3. The minimum atomic E-state index is -1.06. The van der Waals surface area contributed by atoms with Crippen LogP contribution in [0.4, 0.5) is 0 Å². The summed E-state index contributed by atoms with van der Waals surface area (Å²) < 4.78 is 0. The van der Waals surface area contributed by atoms with Gasteiger partial charge in [-0.2, -0.15) is 0 Å². The molecule has 1 unspecified atom stereocenters. The van der Waals surface area contributed by atoms with Gasteiger partial charge in [0.25, 0.3) is 0 Å². The molecular weight excluding hydrogens is 462 g/mol. The van der Waals surface area contributed by atoms with Gasteiger partial charge in [0.05, 0.1) is 12.2 Å². The van der Waals surface area contributed by atoms with E-state index in [-0.39, 0.29) is 49.1 Å². The molecule has 0 spiro atoms. The number of aliphatic carboxylic acids is 1. The van der Waals surface area contributed by atoms with Crippen LogP contribution in [0.5, 0.6) is 0 Å². The number of unbranched alkanes of at least 4 members (excludes halogenated alkanes) is 2. The maximum atomic E-state index is 12.5. The molecule has 0 saturated heterocycles. The van der Waals surface area contributed by atoms with Crippen LogP contribution in [0.15, 0.2) is 12.2 Å². The summed E-state index contributed by atoms with van der Waals surface area (Å²) in [4.78, 5) is 48.3. The molecule has 206 valence electrons. The number of amides is 1. The van der Waals surface area contributed by atoms with Crippen LogP contribution in [-0.2, 0) is 19.2 Å². The van der Waals surface area contributed by atoms with Crippen molar-refractivity contribution >= 4 is 23.4 Å². The first kappa shape index (κ1) is 32.0. The molecule has 0 heterocycles. The van der Waals surface area contributed by atoms with Crippen molar-refractivity contribution in [3.8, 4) is 0 Å². The van der Waals surface area contributed by atoms with E-state index in [4.69, 9.17) is 0 Å². The quantitative estimate of drug-likeness (QED) is 0.163. The molecular formula is C28H47NO7. The lowest BCUT2D eigenvalue weighted by atomic mass is 9.87. The largest absolute Gasteiger partial charge is 0.480 e. The number of Topliss-reactive ketones (excluding diaryl/α,β-unsaturated/α-hetero) is 2. The highest BCUT2D eigenvalue weighted by Gasteiger charge is 2.40. The van der Waals surface area contributed by atoms with E-state index in [2.05, 4.69) is 19.2 Å². The first-order valence-electron chi connectivity index (χ1n) is 13.6. The first-order valence-corrected chi connectivity index (χ1v) is 13.6. The van der Waals surface area contributed by atoms with Crippen LogP contribution < -0.4 is 5.32 Å². The summed E-state index contributed by atoms with van der Waals surface area (Å²) in [6.07, 6.45) is 7.39. The van der Waals surface area contributed by atoms with Crippen LogP contribution in [0.25, 0.3) is 0 Å². The molecule has 1 amide bonds. The topological polar surface area (TPSA) is 141 Å². The Bertz CT molecular complexity index is 748. The monoisotopic (exact) mass is 509 g/mol. The average molecular weight is 510 g/mol. The molecule has 36 heavy (non-hydrogen) atoms. The third-order valence-corrected chi connectivity index (χ3v) is 6.88. The van der Waals surface area contributed by atoms with Gasteiger partial charge >= 0.3 is 5.97 Å². The highest BCUT2D eigenvalue weighted by Crippen LogP contribution is 2.34. The predicted molar refractivity (Wildman–Crippen MR) is 138 cm³/mol. The zero-order valence-corrected chi connectivity index (χ0v) is 22.4. The summed E-state index contributed by atoms with van der Waals surface area (Å²) in [5, 5.41) is 32.4. The fraction of sp³-hybridized carbons (Fsp3) is 0.786. The SMILES string of the molecule is CCCC[C@H](C)CC(O)/C=C/[C@H]1[C@H](O)CC(=O)[C@@H]1CC(=O)CCCCC(=O)N[C@@H](CC(C)C)C(=O)O. The van der Waals surface area contributed by atoms with Crippen molar-refractivity contribution in [2.75, 3.05) is 0 Å². The highest BCUT2D eigenvalue weighted by molar-refractivity contribution is 5.90. The van der Waals surface area contributed by atoms with E-state index in [1.165, 1.54) is 0 Å². The Morgan fingerprint density at radius 3 is 2.36 bits per heavy atom. The summed E-state index contributed by atoms with van der Waals surface area (Å²) >= 11 is 0. The van der Waals surface area contributed by atoms with Gasteiger partial charge in [-0.1, -0.05) is 59.1 Å². The van der Waals surface area contributed by atoms with E-state index in [1.807, 2.05) is 13.8 Å². The van der Waals surface area contributed by atoms with Gasteiger partial charge in [-0.3, -0.25) is 14.4 Å². The number of carboxylic acid groups (broad SMARTS) is 1. The molecule has 8 nitrogen and oxygen atoms in total. The number of rotatable bonds is 18. The minimum Gasteiger partial charge on any atom is -0.480 e. The summed E-state index contributed by atoms with van der Waals surface area (Å²) in [5.74, 6) is -2.21. The summed E-state index contributed by atoms with van der Waals surface area (Å²) in [6, 6.07) is -0.915. The van der Waals surface area contributed by atoms with Crippen molar-refractivity contribution in [1.29, 1.82) is 0 Å². The number of aliphatic hydroxyl groups is 2. The molecule has 0 radical (unpaired) electrons. The molecule has 1 fully saturated rings. The van der Waals surface area contributed by atoms with Crippen molar-refractivity contribution in [3.05, 3.63) is 12.2 Å². The maximum absolute atomic E-state index is 12.5. The van der Waals surface area contributed by atoms with Gasteiger partial charge in [-0.15, -0.1) is 0 Å². The number of carboxylic acids is 1. The summed E-state index contributed by atoms with van der Waals surface area (Å²) in [7, 11) is 0. The summed E-state index contributed by atoms with van der Waals surface area (Å²) in [5.41, 5.74) is 0. The molecule has 1 rings (SSSR count). The molecule has 0 aromatic rings. The number of ketones is 2. The lowest BCUT2D eigenvalue weighted by Crippen LogP contribution is -2.41. The van der Waals surface area contributed by atoms with Crippen molar-refractivity contribution in [2.24, 2.45) is 23.7 Å². The van der Waals surface area contributed by atoms with Crippen LogP contribution in [0, 0.1) is 23.7 Å². The van der Waals surface area contributed by atoms with Crippen LogP contribution in [0.3, 0.4) is 0 Å². The molecule has 4 N–H and O–H groups in total. The predicted octanol–water partition coefficient (Wildman–Crippen LogP) is 3.82. The van der Waals surface area contributed by atoms with Crippen molar-refractivity contribution in [3.63, 3.8) is 0 Å². The van der Waals surface area contributed by atoms with Crippen molar-refractivity contribution < 1.29 is 34.5 Å². The molecule has 1 saturated carbocycles. The first-order chi connectivity index (χ1) is 16.9.